The molecule has 1 aliphatic heterocycles. The van der Waals surface area contributed by atoms with Crippen LogP contribution in [0.3, 0.4) is 0 Å². The van der Waals surface area contributed by atoms with E-state index in [1.165, 1.54) is 17.0 Å². The maximum atomic E-state index is 13.3. The highest BCUT2D eigenvalue weighted by molar-refractivity contribution is 9.10. The van der Waals surface area contributed by atoms with Gasteiger partial charge in [0.05, 0.1) is 17.8 Å². The summed E-state index contributed by atoms with van der Waals surface area (Å²) in [5, 5.41) is 0. The van der Waals surface area contributed by atoms with Crippen LogP contribution in [-0.4, -0.2) is 11.7 Å². The third-order valence-electron chi connectivity index (χ3n) is 3.45. The Morgan fingerprint density at radius 3 is 2.67 bits per heavy atom. The maximum Gasteiger partial charge on any atom is 0.299 e. The van der Waals surface area contributed by atoms with E-state index in [1.807, 2.05) is 13.0 Å². The fraction of sp³-hybridized carbons (Fsp3) is 0.125. The molecule has 2 aromatic carbocycles. The minimum Gasteiger partial charge on any atom is -0.300 e. The maximum absolute atomic E-state index is 13.3. The number of Topliss-reactive ketones (excluding diaryl/α,β-unsaturated/α-hetero) is 1. The van der Waals surface area contributed by atoms with Gasteiger partial charge in [-0.25, -0.2) is 4.39 Å². The predicted molar refractivity (Wildman–Crippen MR) is 80.8 cm³/mol. The van der Waals surface area contributed by atoms with Crippen LogP contribution in [0.25, 0.3) is 0 Å². The van der Waals surface area contributed by atoms with E-state index in [4.69, 9.17) is 0 Å². The second-order valence-electron chi connectivity index (χ2n) is 4.97. The second kappa shape index (κ2) is 5.07. The first-order valence-electron chi connectivity index (χ1n) is 6.38. The van der Waals surface area contributed by atoms with Crippen LogP contribution in [-0.2, 0) is 11.3 Å². The number of halogens is 2. The first-order chi connectivity index (χ1) is 9.97. The number of aryl methyl sites for hydroxylation is 1. The normalized spacial score (nSPS) is 13.8. The highest BCUT2D eigenvalue weighted by atomic mass is 79.9. The van der Waals surface area contributed by atoms with Gasteiger partial charge in [0.15, 0.2) is 0 Å². The Kier molecular flexibility index (Phi) is 3.37. The van der Waals surface area contributed by atoms with Gasteiger partial charge in [0.25, 0.3) is 11.7 Å². The van der Waals surface area contributed by atoms with Crippen molar-refractivity contribution in [2.45, 2.75) is 13.5 Å². The van der Waals surface area contributed by atoms with Crippen molar-refractivity contribution < 1.29 is 14.0 Å². The molecule has 0 aliphatic carbocycles. The van der Waals surface area contributed by atoms with E-state index < -0.39 is 11.7 Å². The van der Waals surface area contributed by atoms with Crippen molar-refractivity contribution in [2.75, 3.05) is 4.90 Å². The largest absolute Gasteiger partial charge is 0.300 e. The quantitative estimate of drug-likeness (QED) is 0.778. The van der Waals surface area contributed by atoms with Gasteiger partial charge in [-0.1, -0.05) is 28.1 Å². The lowest BCUT2D eigenvalue weighted by Crippen LogP contribution is -2.29. The first-order valence-corrected chi connectivity index (χ1v) is 7.17. The molecule has 0 spiro atoms. The zero-order chi connectivity index (χ0) is 15.1. The lowest BCUT2D eigenvalue weighted by molar-refractivity contribution is -0.114. The molecule has 0 atom stereocenters. The number of carbonyl (C=O) groups excluding carboxylic acids is 2. The molecule has 0 N–H and O–H groups in total. The topological polar surface area (TPSA) is 37.4 Å². The first kappa shape index (κ1) is 13.9. The van der Waals surface area contributed by atoms with Gasteiger partial charge in [-0.3, -0.25) is 9.59 Å². The van der Waals surface area contributed by atoms with Crippen molar-refractivity contribution in [3.63, 3.8) is 0 Å². The Morgan fingerprint density at radius 2 is 1.95 bits per heavy atom. The van der Waals surface area contributed by atoms with Gasteiger partial charge < -0.3 is 4.90 Å². The molecule has 106 valence electrons. The van der Waals surface area contributed by atoms with Gasteiger partial charge in [0.1, 0.15) is 5.82 Å². The zero-order valence-electron chi connectivity index (χ0n) is 11.2. The molecule has 21 heavy (non-hydrogen) atoms. The SMILES string of the molecule is Cc1cc(Br)cc2c1N(Cc1cccc(F)c1)C(=O)C2=O. The molecule has 0 fully saturated rings. The van der Waals surface area contributed by atoms with Crippen LogP contribution in [0.5, 0.6) is 0 Å². The molecule has 1 amide bonds. The van der Waals surface area contributed by atoms with Gasteiger partial charge in [0.2, 0.25) is 0 Å². The number of hydrogen-bond donors (Lipinski definition) is 0. The van der Waals surface area contributed by atoms with E-state index >= 15 is 0 Å². The number of amides is 1. The van der Waals surface area contributed by atoms with Crippen molar-refractivity contribution in [3.05, 3.63) is 63.4 Å². The van der Waals surface area contributed by atoms with Crippen molar-refractivity contribution in [2.24, 2.45) is 0 Å². The molecule has 5 heteroatoms. The molecule has 0 aromatic heterocycles. The lowest BCUT2D eigenvalue weighted by atomic mass is 10.1. The average Bonchev–Trinajstić information content (AvgIpc) is 2.64. The van der Waals surface area contributed by atoms with E-state index in [2.05, 4.69) is 15.9 Å². The number of carbonyl (C=O) groups is 2. The highest BCUT2D eigenvalue weighted by Crippen LogP contribution is 2.35. The molecule has 3 nitrogen and oxygen atoms in total. The Bertz CT molecular complexity index is 773. The van der Waals surface area contributed by atoms with Crippen molar-refractivity contribution in [1.82, 2.24) is 0 Å². The number of hydrogen-bond acceptors (Lipinski definition) is 2. The molecule has 0 saturated carbocycles. The minimum atomic E-state index is -0.574. The lowest BCUT2D eigenvalue weighted by Gasteiger charge is -2.18. The number of benzene rings is 2. The third-order valence-corrected chi connectivity index (χ3v) is 3.91. The van der Waals surface area contributed by atoms with Crippen molar-refractivity contribution >= 4 is 33.3 Å². The molecule has 3 rings (SSSR count). The summed E-state index contributed by atoms with van der Waals surface area (Å²) in [5.74, 6) is -1.46. The van der Waals surface area contributed by atoms with E-state index in [0.29, 0.717) is 16.8 Å². The molecule has 0 radical (unpaired) electrons. The summed E-state index contributed by atoms with van der Waals surface area (Å²) < 4.78 is 14.0. The summed E-state index contributed by atoms with van der Waals surface area (Å²) in [6, 6.07) is 9.52. The van der Waals surface area contributed by atoms with Crippen LogP contribution in [0.4, 0.5) is 10.1 Å². The van der Waals surface area contributed by atoms with Crippen LogP contribution in [0.15, 0.2) is 40.9 Å². The van der Waals surface area contributed by atoms with Gasteiger partial charge >= 0.3 is 0 Å². The molecule has 2 aromatic rings. The second-order valence-corrected chi connectivity index (χ2v) is 5.88. The molecule has 1 heterocycles. The Morgan fingerprint density at radius 1 is 1.19 bits per heavy atom. The van der Waals surface area contributed by atoms with Crippen LogP contribution in [0.1, 0.15) is 21.5 Å². The van der Waals surface area contributed by atoms with Crippen molar-refractivity contribution in [3.8, 4) is 0 Å². The molecular formula is C16H11BrFNO2. The van der Waals surface area contributed by atoms with Gasteiger partial charge in [-0.05, 0) is 42.3 Å². The van der Waals surface area contributed by atoms with Crippen LogP contribution in [0.2, 0.25) is 0 Å². The molecule has 0 saturated heterocycles. The highest BCUT2D eigenvalue weighted by Gasteiger charge is 2.37. The van der Waals surface area contributed by atoms with Crippen LogP contribution >= 0.6 is 15.9 Å². The Hall–Kier alpha value is -2.01. The van der Waals surface area contributed by atoms with Gasteiger partial charge in [-0.2, -0.15) is 0 Å². The number of rotatable bonds is 2. The molecule has 0 bridgehead atoms. The number of anilines is 1. The summed E-state index contributed by atoms with van der Waals surface area (Å²) in [4.78, 5) is 25.7. The standard InChI is InChI=1S/C16H11BrFNO2/c1-9-5-11(17)7-13-14(9)19(16(21)15(13)20)8-10-3-2-4-12(18)6-10/h2-7H,8H2,1H3. The van der Waals surface area contributed by atoms with E-state index in [1.54, 1.807) is 18.2 Å². The fourth-order valence-electron chi connectivity index (χ4n) is 2.57. The summed E-state index contributed by atoms with van der Waals surface area (Å²) in [5.41, 5.74) is 2.47. The molecule has 0 unspecified atom stereocenters. The summed E-state index contributed by atoms with van der Waals surface area (Å²) in [6.07, 6.45) is 0. The predicted octanol–water partition coefficient (Wildman–Crippen LogP) is 3.63. The Balaban J connectivity index is 2.05. The van der Waals surface area contributed by atoms with E-state index in [-0.39, 0.29) is 12.4 Å². The van der Waals surface area contributed by atoms with Crippen LogP contribution in [0, 0.1) is 12.7 Å². The van der Waals surface area contributed by atoms with Gasteiger partial charge in [-0.15, -0.1) is 0 Å². The molecular weight excluding hydrogens is 337 g/mol. The average molecular weight is 348 g/mol. The van der Waals surface area contributed by atoms with E-state index in [0.717, 1.165) is 10.0 Å². The van der Waals surface area contributed by atoms with Crippen LogP contribution < -0.4 is 4.90 Å². The number of nitrogens with zero attached hydrogens (tertiary/aromatic N) is 1. The zero-order valence-corrected chi connectivity index (χ0v) is 12.8. The van der Waals surface area contributed by atoms with E-state index in [9.17, 15) is 14.0 Å². The molecule has 1 aliphatic rings. The third kappa shape index (κ3) is 2.38. The fourth-order valence-corrected chi connectivity index (χ4v) is 3.15. The van der Waals surface area contributed by atoms with Crippen molar-refractivity contribution in [1.29, 1.82) is 0 Å². The number of fused-ring (bicyclic) bond motifs is 1. The van der Waals surface area contributed by atoms with Gasteiger partial charge in [0, 0.05) is 4.47 Å². The Labute approximate surface area is 129 Å². The number of ketones is 1. The monoisotopic (exact) mass is 347 g/mol. The summed E-state index contributed by atoms with van der Waals surface area (Å²) in [7, 11) is 0. The summed E-state index contributed by atoms with van der Waals surface area (Å²) >= 11 is 3.33. The smallest absolute Gasteiger partial charge is 0.299 e. The summed E-state index contributed by atoms with van der Waals surface area (Å²) in [6.45, 7) is 2.02. The minimum absolute atomic E-state index is 0.178.